The molecule has 5 nitrogen and oxygen atoms in total. The summed E-state index contributed by atoms with van der Waals surface area (Å²) in [4.78, 5) is 19.9. The van der Waals surface area contributed by atoms with Crippen molar-refractivity contribution in [3.8, 4) is 0 Å². The van der Waals surface area contributed by atoms with Crippen molar-refractivity contribution in [3.05, 3.63) is 52.2 Å². The number of nitrogens with two attached hydrogens (primary N) is 1. The van der Waals surface area contributed by atoms with Crippen molar-refractivity contribution in [2.24, 2.45) is 10.7 Å². The summed E-state index contributed by atoms with van der Waals surface area (Å²) < 4.78 is 0. The van der Waals surface area contributed by atoms with Gasteiger partial charge >= 0.3 is 0 Å². The van der Waals surface area contributed by atoms with Crippen LogP contribution in [0.2, 0.25) is 0 Å². The Kier molecular flexibility index (Phi) is 8.37. The number of carbonyl (C=O) groups is 1. The minimum Gasteiger partial charge on any atom is -0.370 e. The van der Waals surface area contributed by atoms with E-state index in [1.54, 1.807) is 11.3 Å². The topological polar surface area (TPSA) is 70.7 Å². The highest BCUT2D eigenvalue weighted by Gasteiger charge is 2.23. The third-order valence-electron chi connectivity index (χ3n) is 4.28. The van der Waals surface area contributed by atoms with Gasteiger partial charge < -0.3 is 16.0 Å². The molecule has 2 aromatic rings. The minimum atomic E-state index is 0. The highest BCUT2D eigenvalue weighted by molar-refractivity contribution is 14.0. The van der Waals surface area contributed by atoms with Gasteiger partial charge in [0.05, 0.1) is 0 Å². The van der Waals surface area contributed by atoms with Gasteiger partial charge in [-0.3, -0.25) is 9.79 Å². The second-order valence-corrected chi connectivity index (χ2v) is 7.08. The van der Waals surface area contributed by atoms with Gasteiger partial charge in [-0.2, -0.15) is 0 Å². The van der Waals surface area contributed by atoms with Crippen molar-refractivity contribution in [1.29, 1.82) is 0 Å². The van der Waals surface area contributed by atoms with Crippen LogP contribution in [0.5, 0.6) is 0 Å². The Morgan fingerprint density at radius 1 is 1.27 bits per heavy atom. The first-order valence-electron chi connectivity index (χ1n) is 8.68. The number of hydrogen-bond acceptors (Lipinski definition) is 3. The molecule has 1 aromatic carbocycles. The maximum atomic E-state index is 12.4. The van der Waals surface area contributed by atoms with Gasteiger partial charge in [0.15, 0.2) is 5.96 Å². The van der Waals surface area contributed by atoms with Crippen LogP contribution in [0.3, 0.4) is 0 Å². The summed E-state index contributed by atoms with van der Waals surface area (Å²) in [6.07, 6.45) is 3.10. The van der Waals surface area contributed by atoms with Gasteiger partial charge in [-0.1, -0.05) is 24.3 Å². The number of rotatable bonds is 7. The van der Waals surface area contributed by atoms with Gasteiger partial charge in [0.2, 0.25) is 5.91 Å². The summed E-state index contributed by atoms with van der Waals surface area (Å²) in [7, 11) is 0. The molecule has 3 rings (SSSR count). The number of thiophene rings is 1. The average Bonchev–Trinajstić information content (AvgIpc) is 3.28. The number of carbonyl (C=O) groups excluding carboxylic acids is 1. The fourth-order valence-electron chi connectivity index (χ4n) is 2.99. The maximum Gasteiger partial charge on any atom is 0.227 e. The van der Waals surface area contributed by atoms with Crippen LogP contribution in [0.15, 0.2) is 46.8 Å². The van der Waals surface area contributed by atoms with Crippen molar-refractivity contribution in [2.45, 2.75) is 25.7 Å². The molecule has 0 aliphatic carbocycles. The lowest BCUT2D eigenvalue weighted by molar-refractivity contribution is -0.118. The van der Waals surface area contributed by atoms with Crippen LogP contribution in [-0.2, 0) is 17.6 Å². The molecule has 26 heavy (non-hydrogen) atoms. The van der Waals surface area contributed by atoms with Crippen LogP contribution in [0.25, 0.3) is 0 Å². The highest BCUT2D eigenvalue weighted by Crippen LogP contribution is 2.27. The Balaban J connectivity index is 0.00000243. The molecule has 1 aliphatic rings. The van der Waals surface area contributed by atoms with Crippen molar-refractivity contribution < 1.29 is 4.79 Å². The number of fused-ring (bicyclic) bond motifs is 1. The Morgan fingerprint density at radius 2 is 2.12 bits per heavy atom. The zero-order chi connectivity index (χ0) is 17.5. The molecule has 0 unspecified atom stereocenters. The van der Waals surface area contributed by atoms with E-state index in [1.807, 2.05) is 29.2 Å². The first-order chi connectivity index (χ1) is 12.2. The molecule has 0 bridgehead atoms. The molecule has 1 amide bonds. The molecular formula is C19H25IN4OS. The Morgan fingerprint density at radius 3 is 2.92 bits per heavy atom. The summed E-state index contributed by atoms with van der Waals surface area (Å²) in [6.45, 7) is 2.13. The number of halogens is 1. The molecule has 2 heterocycles. The lowest BCUT2D eigenvalue weighted by Crippen LogP contribution is -2.33. The summed E-state index contributed by atoms with van der Waals surface area (Å²) >= 11 is 1.74. The normalized spacial score (nSPS) is 13.2. The van der Waals surface area contributed by atoms with Crippen LogP contribution < -0.4 is 16.0 Å². The van der Waals surface area contributed by atoms with Gasteiger partial charge in [0.1, 0.15) is 0 Å². The van der Waals surface area contributed by atoms with Gasteiger partial charge in [-0.25, -0.2) is 0 Å². The third-order valence-corrected chi connectivity index (χ3v) is 5.21. The molecule has 140 valence electrons. The molecule has 1 aliphatic heterocycles. The molecular weight excluding hydrogens is 459 g/mol. The van der Waals surface area contributed by atoms with Crippen molar-refractivity contribution in [3.63, 3.8) is 0 Å². The number of aliphatic imine (C=N–C) groups is 1. The molecule has 0 atom stereocenters. The quantitative estimate of drug-likeness (QED) is 0.275. The number of hydrogen-bond donors (Lipinski definition) is 2. The molecule has 0 spiro atoms. The third kappa shape index (κ3) is 5.70. The summed E-state index contributed by atoms with van der Waals surface area (Å²) in [5.74, 6) is 0.625. The predicted octanol–water partition coefficient (Wildman–Crippen LogP) is 3.18. The average molecular weight is 484 g/mol. The smallest absolute Gasteiger partial charge is 0.227 e. The van der Waals surface area contributed by atoms with E-state index in [2.05, 4.69) is 27.8 Å². The number of guanidine groups is 1. The number of benzene rings is 1. The lowest BCUT2D eigenvalue weighted by atomic mass is 10.2. The standard InChI is InChI=1S/C19H24N4OS.HI/c20-19(22-12-9-16-6-4-14-25-16)21-11-3-8-18(24)23-13-10-15-5-1-2-7-17(15)23;/h1-2,4-7,14H,3,8-13H2,(H3,20,21,22);1H. The van der Waals surface area contributed by atoms with Crippen LogP contribution >= 0.6 is 35.3 Å². The molecule has 0 fully saturated rings. The van der Waals surface area contributed by atoms with Crippen LogP contribution in [0.1, 0.15) is 23.3 Å². The summed E-state index contributed by atoms with van der Waals surface area (Å²) in [6, 6.07) is 12.3. The van der Waals surface area contributed by atoms with Crippen molar-refractivity contribution in [2.75, 3.05) is 24.5 Å². The number of amides is 1. The molecule has 1 aromatic heterocycles. The second kappa shape index (κ2) is 10.5. The van der Waals surface area contributed by atoms with Gasteiger partial charge in [0.25, 0.3) is 0 Å². The lowest BCUT2D eigenvalue weighted by Gasteiger charge is -2.16. The van der Waals surface area contributed by atoms with Gasteiger partial charge in [-0.05, 0) is 42.3 Å². The zero-order valence-electron chi connectivity index (χ0n) is 14.7. The van der Waals surface area contributed by atoms with E-state index in [0.29, 0.717) is 25.3 Å². The Labute approximate surface area is 175 Å². The highest BCUT2D eigenvalue weighted by atomic mass is 127. The fourth-order valence-corrected chi connectivity index (χ4v) is 3.70. The fraction of sp³-hybridized carbons (Fsp3) is 0.368. The van der Waals surface area contributed by atoms with E-state index in [9.17, 15) is 4.79 Å². The first kappa shape index (κ1) is 20.7. The molecule has 7 heteroatoms. The first-order valence-corrected chi connectivity index (χ1v) is 9.56. The van der Waals surface area contributed by atoms with E-state index in [0.717, 1.165) is 31.6 Å². The minimum absolute atomic E-state index is 0. The number of nitrogens with zero attached hydrogens (tertiary/aromatic N) is 2. The second-order valence-electron chi connectivity index (χ2n) is 6.05. The largest absolute Gasteiger partial charge is 0.370 e. The SMILES string of the molecule is I.NC(=NCCCC(=O)N1CCc2ccccc21)NCCc1cccs1. The summed E-state index contributed by atoms with van der Waals surface area (Å²) in [5, 5.41) is 5.19. The molecule has 0 saturated heterocycles. The summed E-state index contributed by atoms with van der Waals surface area (Å²) in [5.41, 5.74) is 8.18. The van der Waals surface area contributed by atoms with E-state index >= 15 is 0 Å². The van der Waals surface area contributed by atoms with E-state index in [1.165, 1.54) is 10.4 Å². The monoisotopic (exact) mass is 484 g/mol. The van der Waals surface area contributed by atoms with Crippen molar-refractivity contribution in [1.82, 2.24) is 5.32 Å². The van der Waals surface area contributed by atoms with Crippen LogP contribution in [0.4, 0.5) is 5.69 Å². The maximum absolute atomic E-state index is 12.4. The Hall–Kier alpha value is -1.61. The number of para-hydroxylation sites is 1. The molecule has 0 saturated carbocycles. The predicted molar refractivity (Wildman–Crippen MR) is 120 cm³/mol. The molecule has 3 N–H and O–H groups in total. The Bertz CT molecular complexity index is 733. The van der Waals surface area contributed by atoms with Crippen LogP contribution in [0, 0.1) is 0 Å². The number of anilines is 1. The molecule has 0 radical (unpaired) electrons. The van der Waals surface area contributed by atoms with Crippen LogP contribution in [-0.4, -0.2) is 31.5 Å². The number of nitrogens with one attached hydrogen (secondary N) is 1. The van der Waals surface area contributed by atoms with E-state index in [4.69, 9.17) is 5.73 Å². The van der Waals surface area contributed by atoms with Gasteiger partial charge in [-0.15, -0.1) is 35.3 Å². The van der Waals surface area contributed by atoms with E-state index < -0.39 is 0 Å². The van der Waals surface area contributed by atoms with Gasteiger partial charge in [0, 0.05) is 36.6 Å². The van der Waals surface area contributed by atoms with Crippen molar-refractivity contribution >= 4 is 52.9 Å². The van der Waals surface area contributed by atoms with E-state index in [-0.39, 0.29) is 29.9 Å². The zero-order valence-corrected chi connectivity index (χ0v) is 17.8.